The van der Waals surface area contributed by atoms with Gasteiger partial charge in [0.15, 0.2) is 0 Å². The summed E-state index contributed by atoms with van der Waals surface area (Å²) in [6.45, 7) is 12.4. The minimum absolute atomic E-state index is 0.124. The zero-order chi connectivity index (χ0) is 23.4. The summed E-state index contributed by atoms with van der Waals surface area (Å²) >= 11 is 1.31. The molecule has 0 amide bonds. The number of rotatable bonds is 13. The minimum atomic E-state index is -3.35. The molecule has 0 saturated heterocycles. The molecule has 1 aromatic rings. The molecule has 0 aromatic heterocycles. The van der Waals surface area contributed by atoms with Crippen molar-refractivity contribution in [2.24, 2.45) is 10.9 Å². The van der Waals surface area contributed by atoms with Gasteiger partial charge in [0.25, 0.3) is 0 Å². The fourth-order valence-corrected chi connectivity index (χ4v) is 8.09. The molecule has 174 valence electrons. The van der Waals surface area contributed by atoms with Crippen LogP contribution in [0.1, 0.15) is 53.5 Å². The van der Waals surface area contributed by atoms with Crippen molar-refractivity contribution in [2.45, 2.75) is 59.6 Å². The van der Waals surface area contributed by atoms with E-state index in [9.17, 15) is 9.36 Å². The molecule has 0 fully saturated rings. The van der Waals surface area contributed by atoms with Crippen molar-refractivity contribution in [1.29, 1.82) is 0 Å². The summed E-state index contributed by atoms with van der Waals surface area (Å²) < 4.78 is 26.8. The van der Waals surface area contributed by atoms with Gasteiger partial charge in [-0.2, -0.15) is 0 Å². The van der Waals surface area contributed by atoms with Gasteiger partial charge >= 0.3 is 12.7 Å². The summed E-state index contributed by atoms with van der Waals surface area (Å²) in [5, 5.41) is 0.124. The van der Waals surface area contributed by atoms with Gasteiger partial charge in [0, 0.05) is 11.8 Å². The molecular weight excluding hydrogens is 431 g/mol. The Bertz CT molecular complexity index is 800. The molecule has 8 heteroatoms. The molecule has 6 nitrogen and oxygen atoms in total. The number of esters is 1. The van der Waals surface area contributed by atoms with Crippen LogP contribution in [-0.2, 0) is 25.0 Å². The van der Waals surface area contributed by atoms with Gasteiger partial charge in [-0.25, -0.2) is 4.99 Å². The maximum Gasteiger partial charge on any atom is 0.354 e. The van der Waals surface area contributed by atoms with Gasteiger partial charge in [-0.05, 0) is 49.7 Å². The fraction of sp³-hybridized carbons (Fsp3) is 0.565. The summed E-state index contributed by atoms with van der Waals surface area (Å²) in [5.74, 6) is -0.335. The Labute approximate surface area is 191 Å². The van der Waals surface area contributed by atoms with E-state index < -0.39 is 12.6 Å². The van der Waals surface area contributed by atoms with Crippen molar-refractivity contribution in [3.05, 3.63) is 42.5 Å². The van der Waals surface area contributed by atoms with Crippen LogP contribution in [0.3, 0.4) is 0 Å². The van der Waals surface area contributed by atoms with Crippen LogP contribution in [0, 0.1) is 5.92 Å². The molecule has 0 heterocycles. The van der Waals surface area contributed by atoms with Crippen LogP contribution in [-0.4, -0.2) is 41.5 Å². The van der Waals surface area contributed by atoms with Gasteiger partial charge in [-0.15, -0.1) is 0 Å². The van der Waals surface area contributed by atoms with Crippen LogP contribution in [0.5, 0.6) is 0 Å². The predicted molar refractivity (Wildman–Crippen MR) is 132 cm³/mol. The Morgan fingerprint density at radius 3 is 2.55 bits per heavy atom. The highest BCUT2D eigenvalue weighted by Gasteiger charge is 2.37. The van der Waals surface area contributed by atoms with Crippen LogP contribution in [0.15, 0.2) is 41.9 Å². The van der Waals surface area contributed by atoms with E-state index in [1.54, 1.807) is 11.6 Å². The molecule has 31 heavy (non-hydrogen) atoms. The van der Waals surface area contributed by atoms with Crippen molar-refractivity contribution >= 4 is 35.6 Å². The molecule has 0 N–H and O–H groups in total. The average molecular weight is 469 g/mol. The first-order valence-electron chi connectivity index (χ1n) is 10.8. The standard InChI is InChI=1S/C23H37N2O4PS/c1-8-16-28-23(26)18(5)17-25(30(27,29-11-4)31-19(6)9-2)20(7)24-22-15-13-12-14-21(22)10-3/h8,12-15,18-19H,1,9-11,16-17H2,2-7H3. The summed E-state index contributed by atoms with van der Waals surface area (Å²) in [7, 11) is 0. The van der Waals surface area contributed by atoms with Gasteiger partial charge in [0.2, 0.25) is 0 Å². The summed E-state index contributed by atoms with van der Waals surface area (Å²) in [4.78, 5) is 17.2. The first-order chi connectivity index (χ1) is 14.7. The number of hydrogen-bond acceptors (Lipinski definition) is 6. The molecule has 0 bridgehead atoms. The van der Waals surface area contributed by atoms with E-state index in [-0.39, 0.29) is 24.4 Å². The number of benzene rings is 1. The SMILES string of the molecule is C=CCOC(=O)C(C)CN(C(C)=Nc1ccccc1CC)P(=O)(OCC)SC(C)CC. The highest BCUT2D eigenvalue weighted by Crippen LogP contribution is 2.64. The molecule has 1 aromatic carbocycles. The Hall–Kier alpha value is -1.56. The lowest BCUT2D eigenvalue weighted by atomic mass is 10.1. The predicted octanol–water partition coefficient (Wildman–Crippen LogP) is 6.64. The molecular formula is C23H37N2O4PS. The smallest absolute Gasteiger partial charge is 0.354 e. The summed E-state index contributed by atoms with van der Waals surface area (Å²) in [6.07, 6.45) is 3.21. The van der Waals surface area contributed by atoms with E-state index in [0.717, 1.165) is 24.1 Å². The summed E-state index contributed by atoms with van der Waals surface area (Å²) in [5.41, 5.74) is 1.92. The molecule has 1 rings (SSSR count). The van der Waals surface area contributed by atoms with Crippen LogP contribution >= 0.6 is 18.1 Å². The van der Waals surface area contributed by atoms with Crippen molar-refractivity contribution in [3.8, 4) is 0 Å². The molecule has 0 spiro atoms. The number of nitrogens with zero attached hydrogens (tertiary/aromatic N) is 2. The topological polar surface area (TPSA) is 68.2 Å². The van der Waals surface area contributed by atoms with Crippen LogP contribution in [0.4, 0.5) is 5.69 Å². The lowest BCUT2D eigenvalue weighted by Gasteiger charge is -2.34. The number of aliphatic imine (C=N–C) groups is 1. The molecule has 3 unspecified atom stereocenters. The number of carbonyl (C=O) groups is 1. The average Bonchev–Trinajstić information content (AvgIpc) is 2.75. The minimum Gasteiger partial charge on any atom is -0.461 e. The monoisotopic (exact) mass is 468 g/mol. The maximum atomic E-state index is 14.1. The second kappa shape index (κ2) is 13.8. The zero-order valence-electron chi connectivity index (χ0n) is 19.7. The quantitative estimate of drug-likeness (QED) is 0.106. The molecule has 0 saturated carbocycles. The van der Waals surface area contributed by atoms with E-state index >= 15 is 0 Å². The fourth-order valence-electron chi connectivity index (χ4n) is 2.80. The van der Waals surface area contributed by atoms with E-state index in [1.165, 1.54) is 17.5 Å². The summed E-state index contributed by atoms with van der Waals surface area (Å²) in [6, 6.07) is 7.88. The van der Waals surface area contributed by atoms with Gasteiger partial charge < -0.3 is 9.26 Å². The number of hydrogen-bond donors (Lipinski definition) is 0. The third-order valence-corrected chi connectivity index (χ3v) is 10.1. The lowest BCUT2D eigenvalue weighted by molar-refractivity contribution is -0.146. The van der Waals surface area contributed by atoms with E-state index in [4.69, 9.17) is 14.3 Å². The second-order valence-corrected chi connectivity index (χ2v) is 12.0. The van der Waals surface area contributed by atoms with E-state index in [0.29, 0.717) is 12.4 Å². The third-order valence-electron chi connectivity index (χ3n) is 4.70. The number of aryl methyl sites for hydroxylation is 1. The Morgan fingerprint density at radius 1 is 1.29 bits per heavy atom. The van der Waals surface area contributed by atoms with Crippen molar-refractivity contribution in [2.75, 3.05) is 19.8 Å². The van der Waals surface area contributed by atoms with Gasteiger partial charge in [0.05, 0.1) is 18.2 Å². The molecule has 0 aliphatic heterocycles. The maximum absolute atomic E-state index is 14.1. The molecule has 0 aliphatic rings. The lowest BCUT2D eigenvalue weighted by Crippen LogP contribution is -2.34. The number of carbonyl (C=O) groups excluding carboxylic acids is 1. The number of amidine groups is 1. The highest BCUT2D eigenvalue weighted by atomic mass is 32.7. The highest BCUT2D eigenvalue weighted by molar-refractivity contribution is 8.56. The Balaban J connectivity index is 3.39. The second-order valence-electron chi connectivity index (χ2n) is 7.25. The normalized spacial score (nSPS) is 15.6. The van der Waals surface area contributed by atoms with Crippen molar-refractivity contribution < 1.29 is 18.6 Å². The number of ether oxygens (including phenoxy) is 1. The first kappa shape index (κ1) is 27.5. The van der Waals surface area contributed by atoms with Crippen LogP contribution < -0.4 is 0 Å². The third kappa shape index (κ3) is 8.47. The Morgan fingerprint density at radius 2 is 1.97 bits per heavy atom. The Kier molecular flexibility index (Phi) is 12.2. The largest absolute Gasteiger partial charge is 0.461 e. The molecule has 0 radical (unpaired) electrons. The van der Waals surface area contributed by atoms with E-state index in [2.05, 4.69) is 13.5 Å². The van der Waals surface area contributed by atoms with Gasteiger partial charge in [0.1, 0.15) is 12.4 Å². The molecule has 0 aliphatic carbocycles. The zero-order valence-corrected chi connectivity index (χ0v) is 21.4. The van der Waals surface area contributed by atoms with E-state index in [1.807, 2.05) is 52.0 Å². The van der Waals surface area contributed by atoms with Crippen LogP contribution in [0.25, 0.3) is 0 Å². The van der Waals surface area contributed by atoms with Gasteiger partial charge in [-0.3, -0.25) is 14.0 Å². The first-order valence-corrected chi connectivity index (χ1v) is 13.9. The number of para-hydroxylation sites is 1. The van der Waals surface area contributed by atoms with Crippen LogP contribution in [0.2, 0.25) is 0 Å². The van der Waals surface area contributed by atoms with Crippen molar-refractivity contribution in [3.63, 3.8) is 0 Å². The molecule has 3 atom stereocenters. The van der Waals surface area contributed by atoms with Crippen molar-refractivity contribution in [1.82, 2.24) is 4.67 Å². The van der Waals surface area contributed by atoms with Gasteiger partial charge in [-0.1, -0.05) is 58.5 Å².